The SMILES string of the molecule is COc1ccc(-c2cc(N)ccc2NCC(O)CO)c(OC)c1OC. The Kier molecular flexibility index (Phi) is 6.32. The van der Waals surface area contributed by atoms with Gasteiger partial charge < -0.3 is 35.5 Å². The maximum atomic E-state index is 9.59. The molecule has 1 atom stereocenters. The fourth-order valence-electron chi connectivity index (χ4n) is 2.54. The van der Waals surface area contributed by atoms with E-state index in [0.29, 0.717) is 22.9 Å². The van der Waals surface area contributed by atoms with Gasteiger partial charge in [0, 0.05) is 29.0 Å². The quantitative estimate of drug-likeness (QED) is 0.538. The molecule has 0 saturated carbocycles. The number of aliphatic hydroxyl groups excluding tert-OH is 2. The Hall–Kier alpha value is -2.64. The van der Waals surface area contributed by atoms with E-state index in [9.17, 15) is 5.11 Å². The first kappa shape index (κ1) is 18.7. The summed E-state index contributed by atoms with van der Waals surface area (Å²) in [5.74, 6) is 1.54. The lowest BCUT2D eigenvalue weighted by Crippen LogP contribution is -2.23. The second kappa shape index (κ2) is 8.46. The lowest BCUT2D eigenvalue weighted by atomic mass is 10.0. The van der Waals surface area contributed by atoms with Crippen LogP contribution in [0.5, 0.6) is 17.2 Å². The smallest absolute Gasteiger partial charge is 0.203 e. The van der Waals surface area contributed by atoms with Crippen LogP contribution < -0.4 is 25.3 Å². The van der Waals surface area contributed by atoms with E-state index in [-0.39, 0.29) is 13.2 Å². The third-order valence-electron chi connectivity index (χ3n) is 3.78. The minimum atomic E-state index is -0.863. The molecule has 0 bridgehead atoms. The molecule has 0 aliphatic rings. The zero-order valence-corrected chi connectivity index (χ0v) is 14.6. The Morgan fingerprint density at radius 2 is 1.72 bits per heavy atom. The monoisotopic (exact) mass is 348 g/mol. The Morgan fingerprint density at radius 1 is 1.00 bits per heavy atom. The van der Waals surface area contributed by atoms with Crippen molar-refractivity contribution in [3.05, 3.63) is 30.3 Å². The molecule has 7 nitrogen and oxygen atoms in total. The number of nitrogen functional groups attached to an aromatic ring is 1. The summed E-state index contributed by atoms with van der Waals surface area (Å²) in [7, 11) is 4.65. The molecule has 0 aliphatic carbocycles. The van der Waals surface area contributed by atoms with Gasteiger partial charge in [-0.15, -0.1) is 0 Å². The predicted molar refractivity (Wildman–Crippen MR) is 97.5 cm³/mol. The number of nitrogens with one attached hydrogen (secondary N) is 1. The van der Waals surface area contributed by atoms with Gasteiger partial charge in [-0.25, -0.2) is 0 Å². The van der Waals surface area contributed by atoms with Crippen LogP contribution in [-0.4, -0.2) is 50.8 Å². The molecule has 2 aromatic carbocycles. The van der Waals surface area contributed by atoms with Gasteiger partial charge in [0.05, 0.1) is 34.0 Å². The Bertz CT molecular complexity index is 721. The molecule has 7 heteroatoms. The number of ether oxygens (including phenoxy) is 3. The zero-order chi connectivity index (χ0) is 18.4. The molecule has 0 heterocycles. The van der Waals surface area contributed by atoms with Crippen molar-refractivity contribution >= 4 is 11.4 Å². The van der Waals surface area contributed by atoms with Crippen LogP contribution in [0.2, 0.25) is 0 Å². The van der Waals surface area contributed by atoms with Crippen LogP contribution in [0.25, 0.3) is 11.1 Å². The van der Waals surface area contributed by atoms with Crippen molar-refractivity contribution in [2.24, 2.45) is 0 Å². The maximum absolute atomic E-state index is 9.59. The largest absolute Gasteiger partial charge is 0.493 e. The molecule has 0 aromatic heterocycles. The molecule has 5 N–H and O–H groups in total. The molecule has 0 aliphatic heterocycles. The molecule has 0 saturated heterocycles. The average Bonchev–Trinajstić information content (AvgIpc) is 2.65. The lowest BCUT2D eigenvalue weighted by Gasteiger charge is -2.19. The highest BCUT2D eigenvalue weighted by Gasteiger charge is 2.19. The van der Waals surface area contributed by atoms with Gasteiger partial charge in [-0.1, -0.05) is 0 Å². The number of rotatable bonds is 8. The van der Waals surface area contributed by atoms with Crippen LogP contribution in [0, 0.1) is 0 Å². The van der Waals surface area contributed by atoms with Crippen molar-refractivity contribution in [1.29, 1.82) is 0 Å². The number of hydrogen-bond donors (Lipinski definition) is 4. The van der Waals surface area contributed by atoms with Gasteiger partial charge in [0.2, 0.25) is 5.75 Å². The predicted octanol–water partition coefficient (Wildman–Crippen LogP) is 1.73. The minimum absolute atomic E-state index is 0.197. The van der Waals surface area contributed by atoms with E-state index in [2.05, 4.69) is 5.32 Å². The zero-order valence-electron chi connectivity index (χ0n) is 14.6. The number of benzene rings is 2. The second-order valence-corrected chi connectivity index (χ2v) is 5.40. The molecule has 0 fully saturated rings. The topological polar surface area (TPSA) is 106 Å². The molecular formula is C18H24N2O5. The Morgan fingerprint density at radius 3 is 2.32 bits per heavy atom. The van der Waals surface area contributed by atoms with Crippen LogP contribution in [0.3, 0.4) is 0 Å². The fraction of sp³-hybridized carbons (Fsp3) is 0.333. The average molecular weight is 348 g/mol. The summed E-state index contributed by atoms with van der Waals surface area (Å²) in [6.07, 6.45) is -0.863. The molecule has 2 aromatic rings. The standard InChI is InChI=1S/C18H24N2O5/c1-23-16-7-5-13(17(24-2)18(16)25-3)14-8-11(19)4-6-15(14)20-9-12(22)10-21/h4-8,12,20-22H,9-10,19H2,1-3H3. The second-order valence-electron chi connectivity index (χ2n) is 5.40. The molecular weight excluding hydrogens is 324 g/mol. The summed E-state index contributed by atoms with van der Waals surface area (Å²) in [5, 5.41) is 21.7. The van der Waals surface area contributed by atoms with Crippen LogP contribution in [0.1, 0.15) is 0 Å². The maximum Gasteiger partial charge on any atom is 0.203 e. The summed E-state index contributed by atoms with van der Waals surface area (Å²) in [5.41, 5.74) is 8.82. The van der Waals surface area contributed by atoms with Gasteiger partial charge >= 0.3 is 0 Å². The van der Waals surface area contributed by atoms with E-state index in [1.54, 1.807) is 39.5 Å². The van der Waals surface area contributed by atoms with Crippen LogP contribution in [0.4, 0.5) is 11.4 Å². The Labute approximate surface area is 146 Å². The van der Waals surface area contributed by atoms with Crippen molar-refractivity contribution in [1.82, 2.24) is 0 Å². The van der Waals surface area contributed by atoms with E-state index in [1.165, 1.54) is 0 Å². The third-order valence-corrected chi connectivity index (χ3v) is 3.78. The van der Waals surface area contributed by atoms with E-state index >= 15 is 0 Å². The van der Waals surface area contributed by atoms with E-state index in [4.69, 9.17) is 25.1 Å². The molecule has 25 heavy (non-hydrogen) atoms. The first-order chi connectivity index (χ1) is 12.0. The molecule has 2 rings (SSSR count). The van der Waals surface area contributed by atoms with Gasteiger partial charge in [0.15, 0.2) is 11.5 Å². The van der Waals surface area contributed by atoms with Crippen LogP contribution in [-0.2, 0) is 0 Å². The number of nitrogens with two attached hydrogens (primary N) is 1. The van der Waals surface area contributed by atoms with Crippen LogP contribution >= 0.6 is 0 Å². The molecule has 0 spiro atoms. The summed E-state index contributed by atoms with van der Waals surface area (Å²) in [4.78, 5) is 0. The highest BCUT2D eigenvalue weighted by molar-refractivity contribution is 5.86. The molecule has 136 valence electrons. The lowest BCUT2D eigenvalue weighted by molar-refractivity contribution is 0.105. The number of hydrogen-bond acceptors (Lipinski definition) is 7. The minimum Gasteiger partial charge on any atom is -0.493 e. The molecule has 0 amide bonds. The fourth-order valence-corrected chi connectivity index (χ4v) is 2.54. The van der Waals surface area contributed by atoms with Crippen molar-refractivity contribution in [3.8, 4) is 28.4 Å². The highest BCUT2D eigenvalue weighted by atomic mass is 16.5. The normalized spacial score (nSPS) is 11.7. The summed E-state index contributed by atoms with van der Waals surface area (Å²) in [6, 6.07) is 9.00. The molecule has 0 radical (unpaired) electrons. The van der Waals surface area contributed by atoms with Crippen LogP contribution in [0.15, 0.2) is 30.3 Å². The van der Waals surface area contributed by atoms with E-state index in [1.807, 2.05) is 12.1 Å². The summed E-state index contributed by atoms with van der Waals surface area (Å²) >= 11 is 0. The van der Waals surface area contributed by atoms with Crippen molar-refractivity contribution in [3.63, 3.8) is 0 Å². The van der Waals surface area contributed by atoms with Gasteiger partial charge in [-0.05, 0) is 30.3 Å². The highest BCUT2D eigenvalue weighted by Crippen LogP contribution is 2.46. The Balaban J connectivity index is 2.55. The van der Waals surface area contributed by atoms with Gasteiger partial charge in [-0.2, -0.15) is 0 Å². The van der Waals surface area contributed by atoms with Gasteiger partial charge in [0.25, 0.3) is 0 Å². The summed E-state index contributed by atoms with van der Waals surface area (Å²) in [6.45, 7) is -0.125. The van der Waals surface area contributed by atoms with Crippen molar-refractivity contribution < 1.29 is 24.4 Å². The number of anilines is 2. The van der Waals surface area contributed by atoms with E-state index < -0.39 is 6.10 Å². The first-order valence-corrected chi connectivity index (χ1v) is 7.77. The van der Waals surface area contributed by atoms with E-state index in [0.717, 1.165) is 16.8 Å². The third kappa shape index (κ3) is 4.07. The number of methoxy groups -OCH3 is 3. The molecule has 1 unspecified atom stereocenters. The van der Waals surface area contributed by atoms with Crippen molar-refractivity contribution in [2.45, 2.75) is 6.10 Å². The van der Waals surface area contributed by atoms with Gasteiger partial charge in [-0.3, -0.25) is 0 Å². The number of aliphatic hydroxyl groups is 2. The van der Waals surface area contributed by atoms with Crippen molar-refractivity contribution in [2.75, 3.05) is 45.5 Å². The first-order valence-electron chi connectivity index (χ1n) is 7.77. The van der Waals surface area contributed by atoms with Gasteiger partial charge in [0.1, 0.15) is 0 Å². The summed E-state index contributed by atoms with van der Waals surface area (Å²) < 4.78 is 16.3.